The third kappa shape index (κ3) is 20.6. The average molecular weight is 333 g/mol. The van der Waals surface area contributed by atoms with E-state index in [0.29, 0.717) is 5.92 Å². The quantitative estimate of drug-likeness (QED) is 0.241. The maximum Gasteiger partial charge on any atom is 0.145 e. The van der Waals surface area contributed by atoms with Gasteiger partial charge in [0.15, 0.2) is 0 Å². The third-order valence-electron chi connectivity index (χ3n) is 3.46. The van der Waals surface area contributed by atoms with Crippen LogP contribution in [0.25, 0.3) is 0 Å². The Hall–Kier alpha value is -1.37. The highest BCUT2D eigenvalue weighted by Gasteiger charge is 1.91. The van der Waals surface area contributed by atoms with Gasteiger partial charge >= 0.3 is 0 Å². The molecule has 0 heterocycles. The molecule has 0 saturated carbocycles. The van der Waals surface area contributed by atoms with Crippen molar-refractivity contribution in [1.29, 1.82) is 0 Å². The van der Waals surface area contributed by atoms with Gasteiger partial charge in [0.2, 0.25) is 0 Å². The predicted molar refractivity (Wildman–Crippen MR) is 110 cm³/mol. The van der Waals surface area contributed by atoms with Crippen LogP contribution in [-0.4, -0.2) is 6.29 Å². The molecule has 0 aromatic rings. The molecule has 0 fully saturated rings. The van der Waals surface area contributed by atoms with E-state index < -0.39 is 0 Å². The molecule has 0 saturated heterocycles. The first kappa shape index (κ1) is 24.9. The Morgan fingerprint density at radius 3 is 1.71 bits per heavy atom. The molecule has 0 aliphatic carbocycles. The first-order valence-electron chi connectivity index (χ1n) is 9.31. The number of carbonyl (C=O) groups excluding carboxylic acids is 1. The van der Waals surface area contributed by atoms with Crippen molar-refractivity contribution in [2.24, 2.45) is 5.92 Å². The van der Waals surface area contributed by atoms with Crippen molar-refractivity contribution in [3.8, 4) is 0 Å². The van der Waals surface area contributed by atoms with E-state index in [4.69, 9.17) is 0 Å². The molecule has 0 aliphatic heterocycles. The van der Waals surface area contributed by atoms with Gasteiger partial charge in [-0.15, -0.1) is 0 Å². The molecule has 0 N–H and O–H groups in total. The fourth-order valence-corrected chi connectivity index (χ4v) is 2.25. The maximum atomic E-state index is 9.97. The summed E-state index contributed by atoms with van der Waals surface area (Å²) in [6.07, 6.45) is 15.8. The molecule has 1 nitrogen and oxygen atoms in total. The Morgan fingerprint density at radius 1 is 0.833 bits per heavy atom. The highest BCUT2D eigenvalue weighted by atomic mass is 16.1. The third-order valence-corrected chi connectivity index (χ3v) is 3.46. The summed E-state index contributed by atoms with van der Waals surface area (Å²) in [6.45, 7) is 16.9. The second-order valence-electron chi connectivity index (χ2n) is 7.14. The first-order chi connectivity index (χ1) is 11.2. The van der Waals surface area contributed by atoms with Gasteiger partial charge in [0.05, 0.1) is 0 Å². The van der Waals surface area contributed by atoms with Crippen LogP contribution in [0.3, 0.4) is 0 Å². The number of hydrogen-bond acceptors (Lipinski definition) is 1. The summed E-state index contributed by atoms with van der Waals surface area (Å²) in [6, 6.07) is 0. The van der Waals surface area contributed by atoms with E-state index in [0.717, 1.165) is 18.3 Å². The standard InChI is InChI=1S/C16H28.C7H12O/c1-6-9-15(4)12-8-13-16(5)11-7-10-14(2)3;1-6(2)4-7(3)5-8/h9-10,13H,6-8,11-12H2,1-5H3;4-6H,1-3H3/b15-9+,16-13+;7-4+. The normalized spacial score (nSPS) is 12.6. The fourth-order valence-electron chi connectivity index (χ4n) is 2.25. The van der Waals surface area contributed by atoms with Gasteiger partial charge in [-0.05, 0) is 78.2 Å². The van der Waals surface area contributed by atoms with Crippen LogP contribution in [0, 0.1) is 5.92 Å². The molecule has 0 spiro atoms. The molecule has 0 atom stereocenters. The van der Waals surface area contributed by atoms with Gasteiger partial charge in [-0.3, -0.25) is 4.79 Å². The Morgan fingerprint density at radius 2 is 1.33 bits per heavy atom. The SMILES string of the molecule is C/C(C=O)=C\C(C)C.CC/C=C(\C)CC/C=C(\C)CCC=C(C)C. The van der Waals surface area contributed by atoms with Gasteiger partial charge < -0.3 is 0 Å². The maximum absolute atomic E-state index is 9.97. The number of hydrogen-bond donors (Lipinski definition) is 0. The van der Waals surface area contributed by atoms with E-state index in [-0.39, 0.29) is 0 Å². The zero-order valence-corrected chi connectivity index (χ0v) is 17.4. The minimum absolute atomic E-state index is 0.486. The van der Waals surface area contributed by atoms with Crippen molar-refractivity contribution in [2.75, 3.05) is 0 Å². The summed E-state index contributed by atoms with van der Waals surface area (Å²) in [5, 5.41) is 0. The number of carbonyl (C=O) groups is 1. The Labute approximate surface area is 151 Å². The molecule has 0 radical (unpaired) electrons. The molecule has 0 rings (SSSR count). The van der Waals surface area contributed by atoms with E-state index in [1.165, 1.54) is 42.4 Å². The molecule has 0 bridgehead atoms. The van der Waals surface area contributed by atoms with Gasteiger partial charge in [-0.25, -0.2) is 0 Å². The summed E-state index contributed by atoms with van der Waals surface area (Å²) >= 11 is 0. The summed E-state index contributed by atoms with van der Waals surface area (Å²) < 4.78 is 0. The lowest BCUT2D eigenvalue weighted by Crippen LogP contribution is -1.82. The summed E-state index contributed by atoms with van der Waals surface area (Å²) in [7, 11) is 0. The Kier molecular flexibility index (Phi) is 17.1. The minimum Gasteiger partial charge on any atom is -0.298 e. The average Bonchev–Trinajstić information content (AvgIpc) is 2.47. The van der Waals surface area contributed by atoms with Crippen LogP contribution in [0.5, 0.6) is 0 Å². The Balaban J connectivity index is 0. The second kappa shape index (κ2) is 16.5. The van der Waals surface area contributed by atoms with Gasteiger partial charge in [0.25, 0.3) is 0 Å². The van der Waals surface area contributed by atoms with Crippen molar-refractivity contribution >= 4 is 6.29 Å². The van der Waals surface area contributed by atoms with E-state index >= 15 is 0 Å². The first-order valence-corrected chi connectivity index (χ1v) is 9.31. The van der Waals surface area contributed by atoms with E-state index in [1.54, 1.807) is 0 Å². The molecule has 0 amide bonds. The molecule has 0 aliphatic rings. The van der Waals surface area contributed by atoms with Gasteiger partial charge in [0.1, 0.15) is 6.29 Å². The lowest BCUT2D eigenvalue weighted by molar-refractivity contribution is -0.104. The number of rotatable bonds is 9. The molecule has 0 aromatic carbocycles. The van der Waals surface area contributed by atoms with Crippen LogP contribution in [0.2, 0.25) is 0 Å². The predicted octanol–water partition coefficient (Wildman–Crippen LogP) is 7.60. The zero-order valence-electron chi connectivity index (χ0n) is 17.4. The lowest BCUT2D eigenvalue weighted by atomic mass is 10.1. The molecular weight excluding hydrogens is 292 g/mol. The van der Waals surface area contributed by atoms with E-state index in [1.807, 2.05) is 26.8 Å². The van der Waals surface area contributed by atoms with Crippen LogP contribution in [-0.2, 0) is 4.79 Å². The topological polar surface area (TPSA) is 17.1 Å². The van der Waals surface area contributed by atoms with Gasteiger partial charge in [0, 0.05) is 0 Å². The molecule has 0 aromatic heterocycles. The number of aldehydes is 1. The summed E-state index contributed by atoms with van der Waals surface area (Å²) in [4.78, 5) is 9.97. The van der Waals surface area contributed by atoms with Crippen molar-refractivity contribution in [3.63, 3.8) is 0 Å². The summed E-state index contributed by atoms with van der Waals surface area (Å²) in [5.74, 6) is 0.486. The molecule has 0 unspecified atom stereocenters. The molecule has 1 heteroatoms. The highest BCUT2D eigenvalue weighted by molar-refractivity contribution is 5.71. The Bertz CT molecular complexity index is 441. The smallest absolute Gasteiger partial charge is 0.145 e. The monoisotopic (exact) mass is 332 g/mol. The van der Waals surface area contributed by atoms with Gasteiger partial charge in [-0.2, -0.15) is 0 Å². The van der Waals surface area contributed by atoms with Crippen molar-refractivity contribution in [3.05, 3.63) is 46.6 Å². The fraction of sp³-hybridized carbons (Fsp3) is 0.609. The van der Waals surface area contributed by atoms with Crippen LogP contribution < -0.4 is 0 Å². The zero-order chi connectivity index (χ0) is 19.0. The number of allylic oxidation sites excluding steroid dienone is 8. The van der Waals surface area contributed by atoms with Crippen LogP contribution in [0.1, 0.15) is 87.5 Å². The van der Waals surface area contributed by atoms with Crippen molar-refractivity contribution in [2.45, 2.75) is 87.5 Å². The second-order valence-corrected chi connectivity index (χ2v) is 7.14. The molecule has 138 valence electrons. The highest BCUT2D eigenvalue weighted by Crippen LogP contribution is 2.11. The van der Waals surface area contributed by atoms with Gasteiger partial charge in [-0.1, -0.05) is 61.8 Å². The van der Waals surface area contributed by atoms with Crippen molar-refractivity contribution in [1.82, 2.24) is 0 Å². The van der Waals surface area contributed by atoms with Crippen LogP contribution in [0.15, 0.2) is 46.6 Å². The lowest BCUT2D eigenvalue weighted by Gasteiger charge is -2.00. The van der Waals surface area contributed by atoms with Crippen LogP contribution >= 0.6 is 0 Å². The molecule has 24 heavy (non-hydrogen) atoms. The van der Waals surface area contributed by atoms with E-state index in [9.17, 15) is 4.79 Å². The summed E-state index contributed by atoms with van der Waals surface area (Å²) in [5.41, 5.74) is 5.30. The molecular formula is C23H40O. The minimum atomic E-state index is 0.486. The van der Waals surface area contributed by atoms with Crippen LogP contribution in [0.4, 0.5) is 0 Å². The van der Waals surface area contributed by atoms with Crippen molar-refractivity contribution < 1.29 is 4.79 Å². The van der Waals surface area contributed by atoms with E-state index in [2.05, 4.69) is 52.8 Å². The largest absolute Gasteiger partial charge is 0.298 e.